The summed E-state index contributed by atoms with van der Waals surface area (Å²) in [6.07, 6.45) is 6.68. The van der Waals surface area contributed by atoms with Crippen LogP contribution in [0, 0.1) is 0 Å². The molecule has 0 atom stereocenters. The molecule has 2 rings (SSSR count). The van der Waals surface area contributed by atoms with Gasteiger partial charge in [0, 0.05) is 11.8 Å². The van der Waals surface area contributed by atoms with Crippen molar-refractivity contribution >= 4 is 10.8 Å². The van der Waals surface area contributed by atoms with Gasteiger partial charge in [-0.05, 0) is 19.9 Å². The highest BCUT2D eigenvalue weighted by atomic mass is 16.1. The topological polar surface area (TPSA) is 45.8 Å². The summed E-state index contributed by atoms with van der Waals surface area (Å²) in [5.74, 6) is 0. The van der Waals surface area contributed by atoms with E-state index >= 15 is 0 Å². The fourth-order valence-corrected chi connectivity index (χ4v) is 2.01. The minimum atomic E-state index is -0.145. The number of benzene rings is 1. The summed E-state index contributed by atoms with van der Waals surface area (Å²) in [7, 11) is 0. The van der Waals surface area contributed by atoms with Crippen LogP contribution in [0.3, 0.4) is 0 Å². The molecule has 3 heteroatoms. The first kappa shape index (κ1) is 14.0. The monoisotopic (exact) mass is 266 g/mol. The molecule has 3 nitrogen and oxygen atoms in total. The van der Waals surface area contributed by atoms with Crippen LogP contribution in [0.1, 0.15) is 19.5 Å². The lowest BCUT2D eigenvalue weighted by Crippen LogP contribution is -2.11. The number of H-pyrrole nitrogens is 1. The number of hydrogen-bond acceptors (Lipinski definition) is 2. The van der Waals surface area contributed by atoms with Crippen LogP contribution in [0.15, 0.2) is 65.0 Å². The molecule has 0 aliphatic rings. The molecule has 0 spiro atoms. The van der Waals surface area contributed by atoms with Gasteiger partial charge in [-0.2, -0.15) is 5.10 Å². The number of rotatable bonds is 4. The Kier molecular flexibility index (Phi) is 4.31. The van der Waals surface area contributed by atoms with Gasteiger partial charge in [-0.3, -0.25) is 4.79 Å². The molecule has 0 aliphatic heterocycles. The summed E-state index contributed by atoms with van der Waals surface area (Å²) < 4.78 is 0. The number of aromatic nitrogens is 2. The third kappa shape index (κ3) is 3.32. The van der Waals surface area contributed by atoms with Crippen molar-refractivity contribution in [2.45, 2.75) is 20.3 Å². The molecule has 0 aliphatic carbocycles. The maximum atomic E-state index is 11.7. The third-order valence-corrected chi connectivity index (χ3v) is 2.98. The molecule has 1 aromatic heterocycles. The van der Waals surface area contributed by atoms with Gasteiger partial charge in [-0.15, -0.1) is 0 Å². The Labute approximate surface area is 118 Å². The number of nitrogens with zero attached hydrogens (tertiary/aromatic N) is 1. The molecule has 0 unspecified atom stereocenters. The van der Waals surface area contributed by atoms with Crippen LogP contribution in [0.4, 0.5) is 0 Å². The van der Waals surface area contributed by atoms with E-state index in [2.05, 4.69) is 16.8 Å². The van der Waals surface area contributed by atoms with Crippen LogP contribution in [0.5, 0.6) is 0 Å². The van der Waals surface area contributed by atoms with Gasteiger partial charge in [0.05, 0.1) is 11.1 Å². The number of aromatic amines is 1. The van der Waals surface area contributed by atoms with Crippen LogP contribution in [0.25, 0.3) is 10.8 Å². The van der Waals surface area contributed by atoms with E-state index in [1.54, 1.807) is 0 Å². The van der Waals surface area contributed by atoms with Gasteiger partial charge in [0.1, 0.15) is 0 Å². The number of fused-ring (bicyclic) bond motifs is 1. The van der Waals surface area contributed by atoms with Crippen molar-refractivity contribution in [3.8, 4) is 0 Å². The van der Waals surface area contributed by atoms with E-state index in [-0.39, 0.29) is 5.56 Å². The molecular weight excluding hydrogens is 248 g/mol. The Morgan fingerprint density at radius 3 is 2.70 bits per heavy atom. The Bertz CT molecular complexity index is 751. The lowest BCUT2D eigenvalue weighted by atomic mass is 10.1. The lowest BCUT2D eigenvalue weighted by molar-refractivity contribution is 0.926. The van der Waals surface area contributed by atoms with Crippen molar-refractivity contribution in [2.24, 2.45) is 0 Å². The molecule has 1 heterocycles. The first-order valence-electron chi connectivity index (χ1n) is 6.53. The van der Waals surface area contributed by atoms with Crippen molar-refractivity contribution in [2.75, 3.05) is 0 Å². The number of hydrogen-bond donors (Lipinski definition) is 1. The first-order valence-corrected chi connectivity index (χ1v) is 6.53. The van der Waals surface area contributed by atoms with Gasteiger partial charge < -0.3 is 0 Å². The lowest BCUT2D eigenvalue weighted by Gasteiger charge is -2.04. The van der Waals surface area contributed by atoms with E-state index in [9.17, 15) is 4.79 Å². The van der Waals surface area contributed by atoms with Crippen LogP contribution < -0.4 is 5.56 Å². The van der Waals surface area contributed by atoms with E-state index in [1.165, 1.54) is 5.57 Å². The summed E-state index contributed by atoms with van der Waals surface area (Å²) >= 11 is 0. The van der Waals surface area contributed by atoms with Crippen LogP contribution >= 0.6 is 0 Å². The maximum Gasteiger partial charge on any atom is 0.272 e. The number of nitrogens with one attached hydrogen (secondary N) is 1. The Morgan fingerprint density at radius 1 is 1.30 bits per heavy atom. The van der Waals surface area contributed by atoms with Crippen molar-refractivity contribution in [1.82, 2.24) is 10.2 Å². The zero-order chi connectivity index (χ0) is 14.5. The summed E-state index contributed by atoms with van der Waals surface area (Å²) in [5, 5.41) is 8.32. The smallest absolute Gasteiger partial charge is 0.267 e. The predicted octanol–water partition coefficient (Wildman–Crippen LogP) is 3.54. The largest absolute Gasteiger partial charge is 0.272 e. The van der Waals surface area contributed by atoms with E-state index in [0.717, 1.165) is 16.7 Å². The predicted molar refractivity (Wildman–Crippen MR) is 83.8 cm³/mol. The second-order valence-electron chi connectivity index (χ2n) is 4.94. The van der Waals surface area contributed by atoms with E-state index < -0.39 is 0 Å². The summed E-state index contributed by atoms with van der Waals surface area (Å²) in [5.41, 5.74) is 2.93. The van der Waals surface area contributed by atoms with Crippen molar-refractivity contribution in [3.63, 3.8) is 0 Å². The molecule has 2 aromatic rings. The van der Waals surface area contributed by atoms with Gasteiger partial charge in [-0.25, -0.2) is 5.10 Å². The van der Waals surface area contributed by atoms with Gasteiger partial charge in [-0.1, -0.05) is 54.2 Å². The summed E-state index contributed by atoms with van der Waals surface area (Å²) in [6.45, 7) is 7.82. The molecule has 0 saturated heterocycles. The van der Waals surface area contributed by atoms with Crippen LogP contribution in [-0.4, -0.2) is 10.2 Å². The average Bonchev–Trinajstić information content (AvgIpc) is 2.42. The van der Waals surface area contributed by atoms with E-state index in [1.807, 2.05) is 56.3 Å². The molecule has 1 N–H and O–H groups in total. The van der Waals surface area contributed by atoms with Crippen molar-refractivity contribution in [1.29, 1.82) is 0 Å². The first-order chi connectivity index (χ1) is 9.58. The molecule has 1 aromatic carbocycles. The second kappa shape index (κ2) is 6.15. The standard InChI is InChI=1S/C17H18N2O/c1-12(2)7-6-8-13(3)11-16-14-9-4-5-10-15(14)17(20)19-18-16/h4-10H,1,11H2,2-3H3,(H,19,20)/b7-6-,13-8+. The van der Waals surface area contributed by atoms with Crippen LogP contribution in [-0.2, 0) is 6.42 Å². The highest BCUT2D eigenvalue weighted by Gasteiger charge is 2.05. The molecule has 0 amide bonds. The minimum Gasteiger partial charge on any atom is -0.267 e. The SMILES string of the molecule is C=C(C)/C=C\C=C(/C)Cc1n[nH]c(=O)c2ccccc12. The normalized spacial score (nSPS) is 12.2. The second-order valence-corrected chi connectivity index (χ2v) is 4.94. The van der Waals surface area contributed by atoms with Crippen molar-refractivity contribution < 1.29 is 0 Å². The fraction of sp³-hybridized carbons (Fsp3) is 0.176. The van der Waals surface area contributed by atoms with Crippen molar-refractivity contribution in [3.05, 3.63) is 76.3 Å². The zero-order valence-electron chi connectivity index (χ0n) is 11.8. The molecule has 102 valence electrons. The third-order valence-electron chi connectivity index (χ3n) is 2.98. The molecular formula is C17H18N2O. The van der Waals surface area contributed by atoms with E-state index in [4.69, 9.17) is 0 Å². The summed E-state index contributed by atoms with van der Waals surface area (Å²) in [4.78, 5) is 11.7. The highest BCUT2D eigenvalue weighted by Crippen LogP contribution is 2.15. The zero-order valence-corrected chi connectivity index (χ0v) is 11.8. The average molecular weight is 266 g/mol. The molecule has 0 radical (unpaired) electrons. The maximum absolute atomic E-state index is 11.7. The molecule has 20 heavy (non-hydrogen) atoms. The molecule has 0 fully saturated rings. The Balaban J connectivity index is 2.33. The fourth-order valence-electron chi connectivity index (χ4n) is 2.01. The van der Waals surface area contributed by atoms with Gasteiger partial charge >= 0.3 is 0 Å². The van der Waals surface area contributed by atoms with Gasteiger partial charge in [0.2, 0.25) is 0 Å². The Hall–Kier alpha value is -2.42. The van der Waals surface area contributed by atoms with Gasteiger partial charge in [0.25, 0.3) is 5.56 Å². The highest BCUT2D eigenvalue weighted by molar-refractivity contribution is 5.83. The summed E-state index contributed by atoms with van der Waals surface area (Å²) in [6, 6.07) is 7.54. The van der Waals surface area contributed by atoms with E-state index in [0.29, 0.717) is 11.8 Å². The quantitative estimate of drug-likeness (QED) is 0.860. The number of allylic oxidation sites excluding steroid dienone is 5. The van der Waals surface area contributed by atoms with Gasteiger partial charge in [0.15, 0.2) is 0 Å². The van der Waals surface area contributed by atoms with Crippen LogP contribution in [0.2, 0.25) is 0 Å². The molecule has 0 bridgehead atoms. The Morgan fingerprint density at radius 2 is 2.00 bits per heavy atom. The minimum absolute atomic E-state index is 0.145. The molecule has 0 saturated carbocycles.